The highest BCUT2D eigenvalue weighted by Crippen LogP contribution is 2.27. The molecule has 4 nitrogen and oxygen atoms in total. The lowest BCUT2D eigenvalue weighted by Crippen LogP contribution is -2.37. The monoisotopic (exact) mass is 221 g/mol. The first-order valence-corrected chi connectivity index (χ1v) is 5.91. The number of amides is 1. The number of carbonyl (C=O) groups excluding carboxylic acids is 1. The summed E-state index contributed by atoms with van der Waals surface area (Å²) >= 11 is 0. The van der Waals surface area contributed by atoms with Crippen LogP contribution in [0.5, 0.6) is 0 Å². The predicted octanol–water partition coefficient (Wildman–Crippen LogP) is 1.91. The van der Waals surface area contributed by atoms with E-state index in [1.165, 1.54) is 25.7 Å². The van der Waals surface area contributed by atoms with E-state index in [0.29, 0.717) is 17.3 Å². The Balaban J connectivity index is 1.91. The van der Waals surface area contributed by atoms with Crippen molar-refractivity contribution in [3.63, 3.8) is 0 Å². The summed E-state index contributed by atoms with van der Waals surface area (Å²) in [6.07, 6.45) is 6.68. The van der Waals surface area contributed by atoms with Gasteiger partial charge in [0.25, 0.3) is 5.91 Å². The Bertz CT molecular complexity index is 366. The number of nitrogens with two attached hydrogens (primary N) is 1. The van der Waals surface area contributed by atoms with Gasteiger partial charge in [0, 0.05) is 17.9 Å². The van der Waals surface area contributed by atoms with Gasteiger partial charge in [-0.3, -0.25) is 4.79 Å². The normalized spacial score (nSPS) is 18.6. The smallest absolute Gasteiger partial charge is 0.267 e. The van der Waals surface area contributed by atoms with E-state index in [4.69, 9.17) is 5.73 Å². The van der Waals surface area contributed by atoms with Crippen molar-refractivity contribution in [2.45, 2.75) is 38.6 Å². The topological polar surface area (TPSA) is 70.9 Å². The first kappa shape index (κ1) is 11.0. The Morgan fingerprint density at radius 3 is 2.81 bits per heavy atom. The summed E-state index contributed by atoms with van der Waals surface area (Å²) < 4.78 is 0. The summed E-state index contributed by atoms with van der Waals surface area (Å²) in [7, 11) is 0. The maximum atomic E-state index is 11.8. The van der Waals surface area contributed by atoms with Gasteiger partial charge in [-0.2, -0.15) is 0 Å². The molecule has 0 aliphatic heterocycles. The van der Waals surface area contributed by atoms with Gasteiger partial charge in [0.15, 0.2) is 0 Å². The molecule has 1 aromatic heterocycles. The highest BCUT2D eigenvalue weighted by molar-refractivity contribution is 5.93. The Hall–Kier alpha value is -1.45. The maximum Gasteiger partial charge on any atom is 0.267 e. The summed E-state index contributed by atoms with van der Waals surface area (Å²) in [5.41, 5.74) is 6.70. The number of nitrogen functional groups attached to an aromatic ring is 1. The summed E-state index contributed by atoms with van der Waals surface area (Å²) in [6.45, 7) is 2.08. The molecule has 4 N–H and O–H groups in total. The third-order valence-electron chi connectivity index (χ3n) is 3.42. The molecule has 0 spiro atoms. The lowest BCUT2D eigenvalue weighted by Gasteiger charge is -2.19. The van der Waals surface area contributed by atoms with Crippen molar-refractivity contribution in [3.8, 4) is 0 Å². The fourth-order valence-corrected chi connectivity index (χ4v) is 2.40. The lowest BCUT2D eigenvalue weighted by molar-refractivity contribution is 0.0923. The molecule has 1 amide bonds. The number of carbonyl (C=O) groups is 1. The fraction of sp³-hybridized carbons (Fsp3) is 0.583. The van der Waals surface area contributed by atoms with Crippen molar-refractivity contribution in [1.29, 1.82) is 0 Å². The summed E-state index contributed by atoms with van der Waals surface area (Å²) in [5.74, 6) is 0.576. The first-order chi connectivity index (χ1) is 7.66. The highest BCUT2D eigenvalue weighted by Gasteiger charge is 2.23. The maximum absolute atomic E-state index is 11.8. The van der Waals surface area contributed by atoms with Crippen LogP contribution in [0.3, 0.4) is 0 Å². The van der Waals surface area contributed by atoms with Crippen LogP contribution in [-0.2, 0) is 0 Å². The van der Waals surface area contributed by atoms with Crippen LogP contribution in [0, 0.1) is 5.92 Å². The average molecular weight is 221 g/mol. The number of aromatic nitrogens is 1. The molecular formula is C12H19N3O. The first-order valence-electron chi connectivity index (χ1n) is 5.91. The van der Waals surface area contributed by atoms with Gasteiger partial charge >= 0.3 is 0 Å². The van der Waals surface area contributed by atoms with Crippen LogP contribution >= 0.6 is 0 Å². The van der Waals surface area contributed by atoms with Crippen molar-refractivity contribution >= 4 is 11.6 Å². The molecule has 1 aromatic rings. The third-order valence-corrected chi connectivity index (χ3v) is 3.42. The van der Waals surface area contributed by atoms with Crippen LogP contribution in [0.25, 0.3) is 0 Å². The number of H-pyrrole nitrogens is 1. The van der Waals surface area contributed by atoms with Crippen molar-refractivity contribution in [1.82, 2.24) is 10.3 Å². The van der Waals surface area contributed by atoms with Crippen molar-refractivity contribution < 1.29 is 4.79 Å². The van der Waals surface area contributed by atoms with Gasteiger partial charge in [0.2, 0.25) is 0 Å². The van der Waals surface area contributed by atoms with Crippen LogP contribution < -0.4 is 11.1 Å². The Morgan fingerprint density at radius 1 is 1.56 bits per heavy atom. The largest absolute Gasteiger partial charge is 0.397 e. The molecule has 1 atom stereocenters. The van der Waals surface area contributed by atoms with E-state index in [9.17, 15) is 4.79 Å². The standard InChI is InChI=1S/C12H19N3O/c1-8(9-4-2-3-5-9)15-12(16)11-6-10(13)7-14-11/h6-9,14H,2-5,13H2,1H3,(H,15,16). The van der Waals surface area contributed by atoms with Crippen molar-refractivity contribution in [2.75, 3.05) is 5.73 Å². The molecule has 1 aliphatic carbocycles. The molecule has 1 fully saturated rings. The van der Waals surface area contributed by atoms with E-state index >= 15 is 0 Å². The zero-order valence-corrected chi connectivity index (χ0v) is 9.62. The Labute approximate surface area is 95.6 Å². The molecule has 1 saturated carbocycles. The minimum absolute atomic E-state index is 0.0592. The van der Waals surface area contributed by atoms with Crippen molar-refractivity contribution in [3.05, 3.63) is 18.0 Å². The summed E-state index contributed by atoms with van der Waals surface area (Å²) in [5, 5.41) is 3.03. The quantitative estimate of drug-likeness (QED) is 0.729. The second-order valence-corrected chi connectivity index (χ2v) is 4.65. The van der Waals surface area contributed by atoms with E-state index in [1.54, 1.807) is 12.3 Å². The van der Waals surface area contributed by atoms with E-state index in [1.807, 2.05) is 0 Å². The molecule has 1 heterocycles. The average Bonchev–Trinajstić information content (AvgIpc) is 2.87. The van der Waals surface area contributed by atoms with E-state index in [0.717, 1.165) is 0 Å². The van der Waals surface area contributed by atoms with Crippen LogP contribution in [0.15, 0.2) is 12.3 Å². The minimum atomic E-state index is -0.0592. The van der Waals surface area contributed by atoms with Crippen molar-refractivity contribution in [2.24, 2.45) is 5.92 Å². The molecule has 88 valence electrons. The van der Waals surface area contributed by atoms with Crippen LogP contribution in [0.1, 0.15) is 43.1 Å². The predicted molar refractivity (Wildman–Crippen MR) is 64.1 cm³/mol. The number of anilines is 1. The molecular weight excluding hydrogens is 202 g/mol. The Morgan fingerprint density at radius 2 is 2.25 bits per heavy atom. The minimum Gasteiger partial charge on any atom is -0.397 e. The summed E-state index contributed by atoms with van der Waals surface area (Å²) in [6, 6.07) is 1.91. The molecule has 1 aliphatic rings. The zero-order valence-electron chi connectivity index (χ0n) is 9.62. The number of rotatable bonds is 3. The number of nitrogens with one attached hydrogen (secondary N) is 2. The molecule has 2 rings (SSSR count). The van der Waals surface area contributed by atoms with E-state index in [2.05, 4.69) is 17.2 Å². The molecule has 0 aromatic carbocycles. The SMILES string of the molecule is CC(NC(=O)c1cc(N)c[nH]1)C1CCCC1. The van der Waals surface area contributed by atoms with Gasteiger partial charge in [0.1, 0.15) is 5.69 Å². The molecule has 0 saturated heterocycles. The fourth-order valence-electron chi connectivity index (χ4n) is 2.40. The number of hydrogen-bond acceptors (Lipinski definition) is 2. The lowest BCUT2D eigenvalue weighted by atomic mass is 10.00. The molecule has 1 unspecified atom stereocenters. The molecule has 4 heteroatoms. The van der Waals surface area contributed by atoms with Gasteiger partial charge < -0.3 is 16.0 Å². The van der Waals surface area contributed by atoms with E-state index < -0.39 is 0 Å². The second kappa shape index (κ2) is 4.60. The van der Waals surface area contributed by atoms with Gasteiger partial charge in [-0.25, -0.2) is 0 Å². The highest BCUT2D eigenvalue weighted by atomic mass is 16.1. The zero-order chi connectivity index (χ0) is 11.5. The van der Waals surface area contributed by atoms with Crippen LogP contribution in [0.4, 0.5) is 5.69 Å². The molecule has 0 bridgehead atoms. The van der Waals surface area contributed by atoms with Gasteiger partial charge in [-0.15, -0.1) is 0 Å². The molecule has 0 radical (unpaired) electrons. The second-order valence-electron chi connectivity index (χ2n) is 4.65. The van der Waals surface area contributed by atoms with Gasteiger partial charge in [-0.05, 0) is 31.7 Å². The third kappa shape index (κ3) is 2.38. The van der Waals surface area contributed by atoms with E-state index in [-0.39, 0.29) is 11.9 Å². The van der Waals surface area contributed by atoms with Crippen LogP contribution in [-0.4, -0.2) is 16.9 Å². The van der Waals surface area contributed by atoms with Crippen LogP contribution in [0.2, 0.25) is 0 Å². The Kier molecular flexibility index (Phi) is 3.17. The summed E-state index contributed by atoms with van der Waals surface area (Å²) in [4.78, 5) is 14.7. The van der Waals surface area contributed by atoms with Gasteiger partial charge in [-0.1, -0.05) is 12.8 Å². The number of hydrogen-bond donors (Lipinski definition) is 3. The van der Waals surface area contributed by atoms with Gasteiger partial charge in [0.05, 0.1) is 0 Å². The number of aromatic amines is 1. The molecule has 16 heavy (non-hydrogen) atoms.